The third-order valence-electron chi connectivity index (χ3n) is 4.62. The molecule has 2 aliphatic rings. The maximum atomic E-state index is 12.1. The SMILES string of the molecule is CN(C)C(=O)C1CC12CCN(C(=O)c1ccno1)CC2. The maximum Gasteiger partial charge on any atom is 0.292 e. The molecule has 2 heterocycles. The van der Waals surface area contributed by atoms with Crippen molar-refractivity contribution in [2.24, 2.45) is 11.3 Å². The predicted octanol–water partition coefficient (Wildman–Crippen LogP) is 1.01. The molecule has 0 N–H and O–H groups in total. The third kappa shape index (κ3) is 2.09. The van der Waals surface area contributed by atoms with Gasteiger partial charge in [0.25, 0.3) is 5.91 Å². The average Bonchev–Trinajstić information content (AvgIpc) is 2.90. The van der Waals surface area contributed by atoms with Gasteiger partial charge in [0.2, 0.25) is 11.7 Å². The van der Waals surface area contributed by atoms with Gasteiger partial charge in [-0.25, -0.2) is 0 Å². The van der Waals surface area contributed by atoms with Crippen molar-refractivity contribution in [1.82, 2.24) is 15.0 Å². The summed E-state index contributed by atoms with van der Waals surface area (Å²) in [4.78, 5) is 27.6. The Hall–Kier alpha value is -1.85. The van der Waals surface area contributed by atoms with Crippen LogP contribution in [0.15, 0.2) is 16.8 Å². The van der Waals surface area contributed by atoms with Crippen LogP contribution in [0.5, 0.6) is 0 Å². The zero-order valence-electron chi connectivity index (χ0n) is 11.8. The summed E-state index contributed by atoms with van der Waals surface area (Å²) >= 11 is 0. The molecule has 1 saturated carbocycles. The molecule has 108 valence electrons. The van der Waals surface area contributed by atoms with Crippen LogP contribution in [-0.2, 0) is 4.79 Å². The Kier molecular flexibility index (Phi) is 3.03. The van der Waals surface area contributed by atoms with Crippen LogP contribution < -0.4 is 0 Å². The van der Waals surface area contributed by atoms with Crippen molar-refractivity contribution in [2.45, 2.75) is 19.3 Å². The molecule has 1 aromatic heterocycles. The van der Waals surface area contributed by atoms with Crippen LogP contribution in [0.2, 0.25) is 0 Å². The Bertz CT molecular complexity index is 516. The highest BCUT2D eigenvalue weighted by molar-refractivity contribution is 5.91. The molecule has 0 aromatic carbocycles. The Morgan fingerprint density at radius 1 is 1.40 bits per heavy atom. The predicted molar refractivity (Wildman–Crippen MR) is 70.9 cm³/mol. The van der Waals surface area contributed by atoms with Crippen molar-refractivity contribution in [3.8, 4) is 0 Å². The Balaban J connectivity index is 1.59. The first-order valence-corrected chi connectivity index (χ1v) is 6.95. The van der Waals surface area contributed by atoms with Crippen molar-refractivity contribution in [1.29, 1.82) is 0 Å². The summed E-state index contributed by atoms with van der Waals surface area (Å²) in [5.41, 5.74) is 0.138. The number of hydrogen-bond donors (Lipinski definition) is 0. The molecule has 0 bridgehead atoms. The van der Waals surface area contributed by atoms with Gasteiger partial charge in [-0.1, -0.05) is 5.16 Å². The molecule has 20 heavy (non-hydrogen) atoms. The minimum atomic E-state index is -0.103. The van der Waals surface area contributed by atoms with E-state index in [0.717, 1.165) is 19.3 Å². The van der Waals surface area contributed by atoms with Crippen LogP contribution in [0, 0.1) is 11.3 Å². The largest absolute Gasteiger partial charge is 0.351 e. The molecule has 1 unspecified atom stereocenters. The molecule has 1 aliphatic heterocycles. The van der Waals surface area contributed by atoms with Gasteiger partial charge in [0.15, 0.2) is 0 Å². The summed E-state index contributed by atoms with van der Waals surface area (Å²) < 4.78 is 4.90. The van der Waals surface area contributed by atoms with Crippen LogP contribution in [-0.4, -0.2) is 54.0 Å². The lowest BCUT2D eigenvalue weighted by atomic mass is 9.90. The molecule has 0 radical (unpaired) electrons. The number of aromatic nitrogens is 1. The Morgan fingerprint density at radius 3 is 2.65 bits per heavy atom. The second kappa shape index (κ2) is 4.61. The highest BCUT2D eigenvalue weighted by atomic mass is 16.5. The van der Waals surface area contributed by atoms with Crippen LogP contribution in [0.1, 0.15) is 29.8 Å². The topological polar surface area (TPSA) is 66.7 Å². The lowest BCUT2D eigenvalue weighted by Crippen LogP contribution is -2.40. The highest BCUT2D eigenvalue weighted by Crippen LogP contribution is 2.59. The lowest BCUT2D eigenvalue weighted by Gasteiger charge is -2.32. The molecular weight excluding hydrogens is 258 g/mol. The quantitative estimate of drug-likeness (QED) is 0.809. The van der Waals surface area contributed by atoms with Crippen molar-refractivity contribution in [3.63, 3.8) is 0 Å². The summed E-state index contributed by atoms with van der Waals surface area (Å²) in [7, 11) is 3.60. The van der Waals surface area contributed by atoms with E-state index in [4.69, 9.17) is 4.52 Å². The number of carbonyl (C=O) groups excluding carboxylic acids is 2. The van der Waals surface area contributed by atoms with Crippen molar-refractivity contribution >= 4 is 11.8 Å². The van der Waals surface area contributed by atoms with Gasteiger partial charge in [0.05, 0.1) is 6.20 Å². The van der Waals surface area contributed by atoms with Gasteiger partial charge in [-0.05, 0) is 24.7 Å². The fraction of sp³-hybridized carbons (Fsp3) is 0.643. The van der Waals surface area contributed by atoms with E-state index >= 15 is 0 Å². The first-order chi connectivity index (χ1) is 9.53. The van der Waals surface area contributed by atoms with Crippen molar-refractivity contribution < 1.29 is 14.1 Å². The second-order valence-electron chi connectivity index (χ2n) is 6.02. The number of nitrogens with zero attached hydrogens (tertiary/aromatic N) is 3. The van der Waals surface area contributed by atoms with E-state index in [9.17, 15) is 9.59 Å². The third-order valence-corrected chi connectivity index (χ3v) is 4.62. The van der Waals surface area contributed by atoms with Crippen LogP contribution >= 0.6 is 0 Å². The Morgan fingerprint density at radius 2 is 2.10 bits per heavy atom. The summed E-state index contributed by atoms with van der Waals surface area (Å²) in [6, 6.07) is 1.59. The van der Waals surface area contributed by atoms with Gasteiger partial charge < -0.3 is 14.3 Å². The van der Waals surface area contributed by atoms with E-state index in [1.165, 1.54) is 6.20 Å². The number of amides is 2. The van der Waals surface area contributed by atoms with Crippen LogP contribution in [0.4, 0.5) is 0 Å². The number of rotatable bonds is 2. The molecule has 6 nitrogen and oxygen atoms in total. The molecule has 1 aromatic rings. The average molecular weight is 277 g/mol. The van der Waals surface area contributed by atoms with Gasteiger partial charge in [-0.3, -0.25) is 9.59 Å². The van der Waals surface area contributed by atoms with Gasteiger partial charge in [-0.15, -0.1) is 0 Å². The minimum absolute atomic E-state index is 0.103. The van der Waals surface area contributed by atoms with Crippen LogP contribution in [0.3, 0.4) is 0 Å². The summed E-state index contributed by atoms with van der Waals surface area (Å²) in [6.45, 7) is 1.38. The molecule has 2 amide bonds. The monoisotopic (exact) mass is 277 g/mol. The fourth-order valence-electron chi connectivity index (χ4n) is 3.20. The van der Waals surface area contributed by atoms with Gasteiger partial charge in [0.1, 0.15) is 0 Å². The molecule has 1 saturated heterocycles. The highest BCUT2D eigenvalue weighted by Gasteiger charge is 2.59. The van der Waals surface area contributed by atoms with E-state index in [-0.39, 0.29) is 28.9 Å². The van der Waals surface area contributed by atoms with E-state index in [1.54, 1.807) is 30.0 Å². The van der Waals surface area contributed by atoms with E-state index in [1.807, 2.05) is 0 Å². The number of hydrogen-bond acceptors (Lipinski definition) is 4. The van der Waals surface area contributed by atoms with Gasteiger partial charge >= 0.3 is 0 Å². The zero-order valence-corrected chi connectivity index (χ0v) is 11.8. The fourth-order valence-corrected chi connectivity index (χ4v) is 3.20. The maximum absolute atomic E-state index is 12.1. The van der Waals surface area contributed by atoms with Gasteiger partial charge in [0, 0.05) is 39.2 Å². The van der Waals surface area contributed by atoms with Crippen molar-refractivity contribution in [2.75, 3.05) is 27.2 Å². The van der Waals surface area contributed by atoms with E-state index in [0.29, 0.717) is 13.1 Å². The number of carbonyl (C=O) groups is 2. The minimum Gasteiger partial charge on any atom is -0.351 e. The molecular formula is C14H19N3O3. The molecule has 1 spiro atoms. The second-order valence-corrected chi connectivity index (χ2v) is 6.02. The number of likely N-dealkylation sites (tertiary alicyclic amines) is 1. The molecule has 3 rings (SSSR count). The standard InChI is InChI=1S/C14H19N3O3/c1-16(2)12(18)10-9-14(10)4-7-17(8-5-14)13(19)11-3-6-15-20-11/h3,6,10H,4-5,7-9H2,1-2H3. The normalized spacial score (nSPS) is 23.7. The summed E-state index contributed by atoms with van der Waals surface area (Å²) in [5, 5.41) is 3.56. The van der Waals surface area contributed by atoms with Crippen LogP contribution in [0.25, 0.3) is 0 Å². The molecule has 1 aliphatic carbocycles. The lowest BCUT2D eigenvalue weighted by molar-refractivity contribution is -0.131. The smallest absolute Gasteiger partial charge is 0.292 e. The number of piperidine rings is 1. The molecule has 2 fully saturated rings. The van der Waals surface area contributed by atoms with E-state index < -0.39 is 0 Å². The first kappa shape index (κ1) is 13.1. The van der Waals surface area contributed by atoms with Crippen molar-refractivity contribution in [3.05, 3.63) is 18.0 Å². The molecule has 1 atom stereocenters. The Labute approximate surface area is 117 Å². The molecule has 6 heteroatoms. The van der Waals surface area contributed by atoms with Gasteiger partial charge in [-0.2, -0.15) is 0 Å². The summed E-state index contributed by atoms with van der Waals surface area (Å²) in [5.74, 6) is 0.561. The first-order valence-electron chi connectivity index (χ1n) is 6.95. The van der Waals surface area contributed by atoms with E-state index in [2.05, 4.69) is 5.16 Å². The zero-order chi connectivity index (χ0) is 14.3. The summed E-state index contributed by atoms with van der Waals surface area (Å²) in [6.07, 6.45) is 4.24.